The lowest BCUT2D eigenvalue weighted by Crippen LogP contribution is -2.29. The Morgan fingerprint density at radius 1 is 0.548 bits per heavy atom. The van der Waals surface area contributed by atoms with Crippen molar-refractivity contribution in [3.05, 3.63) is 145 Å². The van der Waals surface area contributed by atoms with Crippen LogP contribution in [0.25, 0.3) is 70.7 Å². The van der Waals surface area contributed by atoms with Crippen molar-refractivity contribution in [1.29, 1.82) is 0 Å². The molecule has 5 aromatic carbocycles. The van der Waals surface area contributed by atoms with Crippen molar-refractivity contribution in [1.82, 2.24) is 13.8 Å². The van der Waals surface area contributed by atoms with E-state index in [1.807, 2.05) is 24.6 Å². The average Bonchev–Trinajstić information content (AvgIpc) is 3.53. The molecule has 4 nitrogen and oxygen atoms in total. The van der Waals surface area contributed by atoms with Crippen molar-refractivity contribution < 1.29 is 0 Å². The summed E-state index contributed by atoms with van der Waals surface area (Å²) in [4.78, 5) is 5.33. The van der Waals surface area contributed by atoms with Crippen molar-refractivity contribution in [2.45, 2.75) is 6.04 Å². The fourth-order valence-corrected chi connectivity index (χ4v) is 6.80. The first-order chi connectivity index (χ1) is 20.8. The minimum Gasteiger partial charge on any atom is -0.321 e. The van der Waals surface area contributed by atoms with Crippen LogP contribution < -0.4 is 11.2 Å². The molecule has 1 aliphatic carbocycles. The molecule has 3 aromatic heterocycles. The summed E-state index contributed by atoms with van der Waals surface area (Å²) in [6.45, 7) is 0. The zero-order valence-electron chi connectivity index (χ0n) is 22.8. The molecule has 0 radical (unpaired) electrons. The summed E-state index contributed by atoms with van der Waals surface area (Å²) >= 11 is 0. The predicted molar refractivity (Wildman–Crippen MR) is 176 cm³/mol. The van der Waals surface area contributed by atoms with Crippen molar-refractivity contribution >= 4 is 70.7 Å². The Balaban J connectivity index is 1.67. The number of rotatable bonds is 0. The highest BCUT2D eigenvalue weighted by atomic mass is 15.0. The van der Waals surface area contributed by atoms with Gasteiger partial charge < -0.3 is 5.73 Å². The molecule has 1 aliphatic rings. The predicted octanol–water partition coefficient (Wildman–Crippen LogP) is 7.80. The first kappa shape index (κ1) is 23.3. The number of benzene rings is 5. The molecule has 2 N–H and O–H groups in total. The summed E-state index contributed by atoms with van der Waals surface area (Å²) in [5, 5.41) is 9.53. The highest BCUT2D eigenvalue weighted by Crippen LogP contribution is 2.33. The van der Waals surface area contributed by atoms with Crippen LogP contribution in [0, 0.1) is 0 Å². The molecule has 0 aliphatic heterocycles. The number of para-hydroxylation sites is 2. The molecule has 0 saturated carbocycles. The van der Waals surface area contributed by atoms with Crippen LogP contribution in [0.1, 0.15) is 0 Å². The van der Waals surface area contributed by atoms with Gasteiger partial charge in [-0.25, -0.2) is 4.98 Å². The third-order valence-electron chi connectivity index (χ3n) is 8.76. The van der Waals surface area contributed by atoms with Gasteiger partial charge in [0.2, 0.25) is 0 Å². The fourth-order valence-electron chi connectivity index (χ4n) is 6.80. The normalized spacial score (nSPS) is 16.5. The second-order valence-electron chi connectivity index (χ2n) is 11.0. The SMILES string of the molecule is NC1C=CC=C/C1=c1/ncn2c3ccccc3c3ccc(cc32)c2ccccc2c2ccc3c4ccccc4n1c3c2. The van der Waals surface area contributed by atoms with Gasteiger partial charge in [0, 0.05) is 27.1 Å². The Kier molecular flexibility index (Phi) is 4.86. The van der Waals surface area contributed by atoms with Crippen LogP contribution >= 0.6 is 0 Å². The molecule has 0 fully saturated rings. The van der Waals surface area contributed by atoms with Crippen molar-refractivity contribution in [3.63, 3.8) is 0 Å². The second kappa shape index (κ2) is 8.77. The Morgan fingerprint density at radius 2 is 1.12 bits per heavy atom. The van der Waals surface area contributed by atoms with E-state index in [1.54, 1.807) is 0 Å². The van der Waals surface area contributed by atoms with Gasteiger partial charge in [-0.1, -0.05) is 109 Å². The van der Waals surface area contributed by atoms with Gasteiger partial charge in [-0.15, -0.1) is 0 Å². The van der Waals surface area contributed by atoms with Gasteiger partial charge in [0.1, 0.15) is 11.8 Å². The Morgan fingerprint density at radius 3 is 1.83 bits per heavy atom. The van der Waals surface area contributed by atoms with Gasteiger partial charge in [-0.05, 0) is 45.8 Å². The third kappa shape index (κ3) is 3.24. The first-order valence-corrected chi connectivity index (χ1v) is 14.3. The number of hydrogen-bond donors (Lipinski definition) is 1. The molecular weight excluding hydrogens is 512 g/mol. The Bertz CT molecular complexity index is 2600. The third-order valence-corrected chi connectivity index (χ3v) is 8.76. The molecule has 4 heteroatoms. The topological polar surface area (TPSA) is 47.7 Å². The Labute approximate surface area is 241 Å². The summed E-state index contributed by atoms with van der Waals surface area (Å²) in [6, 6.07) is 39.2. The second-order valence-corrected chi connectivity index (χ2v) is 11.0. The van der Waals surface area contributed by atoms with E-state index >= 15 is 0 Å². The molecule has 198 valence electrons. The lowest BCUT2D eigenvalue weighted by atomic mass is 10.0. The number of allylic oxidation sites excluding steroid dienone is 2. The number of fused-ring (bicyclic) bond motifs is 11. The Hall–Kier alpha value is -5.45. The number of nitrogens with two attached hydrogens (primary N) is 1. The molecule has 9 rings (SSSR count). The maximum Gasteiger partial charge on any atom is 0.144 e. The molecule has 3 heterocycles. The van der Waals surface area contributed by atoms with E-state index in [2.05, 4.69) is 124 Å². The number of aromatic nitrogens is 3. The van der Waals surface area contributed by atoms with Crippen LogP contribution in [0.2, 0.25) is 0 Å². The zero-order valence-corrected chi connectivity index (χ0v) is 22.8. The van der Waals surface area contributed by atoms with Gasteiger partial charge in [-0.2, -0.15) is 0 Å². The van der Waals surface area contributed by atoms with E-state index in [0.717, 1.165) is 33.1 Å². The lowest BCUT2D eigenvalue weighted by molar-refractivity contribution is 0.967. The number of hydrogen-bond acceptors (Lipinski definition) is 2. The van der Waals surface area contributed by atoms with E-state index in [0.29, 0.717) is 0 Å². The van der Waals surface area contributed by atoms with Crippen LogP contribution in [0.4, 0.5) is 0 Å². The van der Waals surface area contributed by atoms with Crippen LogP contribution in [0.5, 0.6) is 0 Å². The van der Waals surface area contributed by atoms with Crippen molar-refractivity contribution in [2.75, 3.05) is 0 Å². The van der Waals surface area contributed by atoms with Gasteiger partial charge in [0.15, 0.2) is 0 Å². The summed E-state index contributed by atoms with van der Waals surface area (Å²) in [6.07, 6.45) is 10.2. The smallest absolute Gasteiger partial charge is 0.144 e. The highest BCUT2D eigenvalue weighted by Gasteiger charge is 2.15. The molecule has 4 bridgehead atoms. The molecule has 0 saturated heterocycles. The van der Waals surface area contributed by atoms with Gasteiger partial charge >= 0.3 is 0 Å². The van der Waals surface area contributed by atoms with Crippen LogP contribution in [0.15, 0.2) is 140 Å². The molecule has 1 unspecified atom stereocenters. The zero-order chi connectivity index (χ0) is 27.8. The summed E-state index contributed by atoms with van der Waals surface area (Å²) in [5.74, 6) is 0. The van der Waals surface area contributed by atoms with Crippen molar-refractivity contribution in [3.8, 4) is 0 Å². The monoisotopic (exact) mass is 538 g/mol. The van der Waals surface area contributed by atoms with Gasteiger partial charge in [-0.3, -0.25) is 8.80 Å². The van der Waals surface area contributed by atoms with Crippen LogP contribution in [-0.4, -0.2) is 19.8 Å². The largest absolute Gasteiger partial charge is 0.321 e. The molecule has 42 heavy (non-hydrogen) atoms. The number of nitrogens with zero attached hydrogens (tertiary/aromatic N) is 3. The molecule has 0 amide bonds. The van der Waals surface area contributed by atoms with E-state index in [-0.39, 0.29) is 6.04 Å². The average molecular weight is 539 g/mol. The van der Waals surface area contributed by atoms with E-state index in [9.17, 15) is 0 Å². The summed E-state index contributed by atoms with van der Waals surface area (Å²) in [7, 11) is 0. The molecular formula is C38H26N4. The summed E-state index contributed by atoms with van der Waals surface area (Å²) < 4.78 is 4.52. The minimum absolute atomic E-state index is 0.275. The molecule has 0 spiro atoms. The first-order valence-electron chi connectivity index (χ1n) is 14.3. The summed E-state index contributed by atoms with van der Waals surface area (Å²) in [5.41, 5.74) is 13.0. The van der Waals surface area contributed by atoms with Gasteiger partial charge in [0.25, 0.3) is 0 Å². The highest BCUT2D eigenvalue weighted by molar-refractivity contribution is 6.15. The fraction of sp³-hybridized carbons (Fsp3) is 0.0263. The standard InChI is InChI=1S/C38H26N4/c39-33-14-6-3-13-32(33)38-40-23-41-34-15-7-4-11-28(34)30-19-17-24(21-36(30)41)26-9-1-2-10-27(26)25-18-20-31-29-12-5-8-16-35(29)42(38)37(31)22-25/h1-23,33H,39H2/b38-32+,40-23?. The van der Waals surface area contributed by atoms with Crippen LogP contribution in [0.3, 0.4) is 0 Å². The molecule has 8 aromatic rings. The maximum atomic E-state index is 6.74. The van der Waals surface area contributed by atoms with E-state index < -0.39 is 0 Å². The van der Waals surface area contributed by atoms with E-state index in [1.165, 1.54) is 43.1 Å². The lowest BCUT2D eigenvalue weighted by Gasteiger charge is -2.11. The van der Waals surface area contributed by atoms with Gasteiger partial charge in [0.05, 0.1) is 28.1 Å². The molecule has 1 atom stereocenters. The van der Waals surface area contributed by atoms with E-state index in [4.69, 9.17) is 10.7 Å². The van der Waals surface area contributed by atoms with Crippen LogP contribution in [-0.2, 0) is 0 Å². The maximum absolute atomic E-state index is 6.74. The van der Waals surface area contributed by atoms with Crippen molar-refractivity contribution in [2.24, 2.45) is 5.73 Å². The quantitative estimate of drug-likeness (QED) is 0.214. The minimum atomic E-state index is -0.275.